The van der Waals surface area contributed by atoms with E-state index in [9.17, 15) is 9.59 Å². The fourth-order valence-electron chi connectivity index (χ4n) is 2.58. The smallest absolute Gasteiger partial charge is 0.269 e. The topological polar surface area (TPSA) is 99.8 Å². The largest absolute Gasteiger partial charge is 0.354 e. The zero-order valence-electron chi connectivity index (χ0n) is 14.5. The van der Waals surface area contributed by atoms with Gasteiger partial charge in [-0.1, -0.05) is 37.3 Å². The molecule has 0 fully saturated rings. The zero-order valence-corrected chi connectivity index (χ0v) is 14.5. The fourth-order valence-corrected chi connectivity index (χ4v) is 2.58. The average Bonchev–Trinajstić information content (AvgIpc) is 3.20. The van der Waals surface area contributed by atoms with Crippen molar-refractivity contribution in [2.45, 2.75) is 12.8 Å². The second kappa shape index (κ2) is 7.60. The van der Waals surface area contributed by atoms with Crippen molar-refractivity contribution < 1.29 is 9.59 Å². The number of carbonyl (C=O) groups is 2. The number of carbonyl (C=O) groups excluding carboxylic acids is 2. The molecule has 2 heterocycles. The summed E-state index contributed by atoms with van der Waals surface area (Å²) in [4.78, 5) is 29.1. The van der Waals surface area contributed by atoms with E-state index in [0.29, 0.717) is 16.9 Å². The summed E-state index contributed by atoms with van der Waals surface area (Å²) in [6, 6.07) is 13.0. The van der Waals surface area contributed by atoms with Crippen molar-refractivity contribution in [2.75, 3.05) is 12.4 Å². The van der Waals surface area contributed by atoms with Crippen LogP contribution < -0.4 is 10.6 Å². The minimum Gasteiger partial charge on any atom is -0.354 e. The van der Waals surface area contributed by atoms with Crippen LogP contribution in [0.2, 0.25) is 0 Å². The van der Waals surface area contributed by atoms with Crippen LogP contribution in [0, 0.1) is 0 Å². The summed E-state index contributed by atoms with van der Waals surface area (Å²) in [5.41, 5.74) is 2.80. The third kappa shape index (κ3) is 3.77. The first-order valence-corrected chi connectivity index (χ1v) is 8.17. The van der Waals surface area contributed by atoms with Gasteiger partial charge in [-0.25, -0.2) is 4.98 Å². The highest BCUT2D eigenvalue weighted by atomic mass is 16.2. The van der Waals surface area contributed by atoms with Crippen molar-refractivity contribution in [3.8, 4) is 0 Å². The molecule has 1 atom stereocenters. The Morgan fingerprint density at radius 1 is 1.12 bits per heavy atom. The van der Waals surface area contributed by atoms with Crippen molar-refractivity contribution in [1.82, 2.24) is 20.5 Å². The quantitative estimate of drug-likeness (QED) is 0.659. The summed E-state index contributed by atoms with van der Waals surface area (Å²) in [5, 5.41) is 11.7. The van der Waals surface area contributed by atoms with Gasteiger partial charge in [-0.2, -0.15) is 5.10 Å². The number of amides is 2. The number of hydrogen-bond acceptors (Lipinski definition) is 4. The van der Waals surface area contributed by atoms with Crippen LogP contribution in [0.1, 0.15) is 44.9 Å². The number of rotatable bonds is 5. The summed E-state index contributed by atoms with van der Waals surface area (Å²) in [6.45, 7) is 1.99. The van der Waals surface area contributed by atoms with Crippen molar-refractivity contribution in [3.63, 3.8) is 0 Å². The molecule has 2 aromatic heterocycles. The van der Waals surface area contributed by atoms with Gasteiger partial charge < -0.3 is 10.6 Å². The van der Waals surface area contributed by atoms with Crippen LogP contribution in [0.5, 0.6) is 0 Å². The molecule has 3 rings (SSSR count). The maximum Gasteiger partial charge on any atom is 0.269 e. The van der Waals surface area contributed by atoms with Gasteiger partial charge in [0.1, 0.15) is 5.69 Å². The van der Waals surface area contributed by atoms with Gasteiger partial charge in [0.15, 0.2) is 0 Å². The van der Waals surface area contributed by atoms with Crippen LogP contribution >= 0.6 is 0 Å². The number of nitrogens with zero attached hydrogens (tertiary/aromatic N) is 2. The van der Waals surface area contributed by atoms with Gasteiger partial charge in [-0.15, -0.1) is 0 Å². The molecular formula is C19H19N5O2. The highest BCUT2D eigenvalue weighted by Gasteiger charge is 2.18. The van der Waals surface area contributed by atoms with Gasteiger partial charge in [-0.05, 0) is 17.7 Å². The highest BCUT2D eigenvalue weighted by molar-refractivity contribution is 6.05. The minimum atomic E-state index is -0.343. The molecule has 0 unspecified atom stereocenters. The number of hydrogen-bond donors (Lipinski definition) is 3. The Kier molecular flexibility index (Phi) is 5.07. The van der Waals surface area contributed by atoms with Gasteiger partial charge in [0, 0.05) is 30.4 Å². The van der Waals surface area contributed by atoms with E-state index in [0.717, 1.165) is 5.56 Å². The second-order valence-electron chi connectivity index (χ2n) is 5.82. The Hall–Kier alpha value is -3.48. The summed E-state index contributed by atoms with van der Waals surface area (Å²) in [5.74, 6) is -0.744. The van der Waals surface area contributed by atoms with Crippen LogP contribution in [0.15, 0.2) is 54.9 Å². The van der Waals surface area contributed by atoms with Crippen LogP contribution in [-0.4, -0.2) is 34.0 Å². The first-order chi connectivity index (χ1) is 12.6. The first-order valence-electron chi connectivity index (χ1n) is 8.17. The maximum absolute atomic E-state index is 12.6. The third-order valence-electron chi connectivity index (χ3n) is 4.07. The van der Waals surface area contributed by atoms with E-state index >= 15 is 0 Å². The molecule has 7 heteroatoms. The Labute approximate surface area is 150 Å². The predicted molar refractivity (Wildman–Crippen MR) is 98.1 cm³/mol. The van der Waals surface area contributed by atoms with E-state index in [-0.39, 0.29) is 23.4 Å². The number of nitrogens with one attached hydrogen (secondary N) is 3. The van der Waals surface area contributed by atoms with Gasteiger partial charge in [0.05, 0.1) is 11.9 Å². The number of anilines is 1. The molecule has 0 aliphatic carbocycles. The van der Waals surface area contributed by atoms with E-state index in [2.05, 4.69) is 25.8 Å². The second-order valence-corrected chi connectivity index (χ2v) is 5.82. The summed E-state index contributed by atoms with van der Waals surface area (Å²) in [6.07, 6.45) is 3.08. The molecule has 7 nitrogen and oxygen atoms in total. The van der Waals surface area contributed by atoms with E-state index in [1.165, 1.54) is 19.3 Å². The Bertz CT molecular complexity index is 907. The van der Waals surface area contributed by atoms with Gasteiger partial charge in [-0.3, -0.25) is 14.7 Å². The van der Waals surface area contributed by atoms with Crippen LogP contribution in [0.25, 0.3) is 0 Å². The van der Waals surface area contributed by atoms with Crippen molar-refractivity contribution in [3.05, 3.63) is 77.4 Å². The normalized spacial score (nSPS) is 11.6. The molecule has 3 N–H and O–H groups in total. The predicted octanol–water partition coefficient (Wildman–Crippen LogP) is 2.57. The average molecular weight is 349 g/mol. The van der Waals surface area contributed by atoms with E-state index in [4.69, 9.17) is 0 Å². The van der Waals surface area contributed by atoms with Gasteiger partial charge in [0.25, 0.3) is 11.8 Å². The van der Waals surface area contributed by atoms with Crippen molar-refractivity contribution >= 4 is 17.5 Å². The monoisotopic (exact) mass is 349 g/mol. The number of aromatic nitrogens is 3. The molecule has 1 aromatic carbocycles. The first kappa shape index (κ1) is 17.3. The van der Waals surface area contributed by atoms with Gasteiger partial charge in [0.2, 0.25) is 0 Å². The highest BCUT2D eigenvalue weighted by Crippen LogP contribution is 2.24. The van der Waals surface area contributed by atoms with Crippen molar-refractivity contribution in [1.29, 1.82) is 0 Å². The minimum absolute atomic E-state index is 0.0683. The Morgan fingerprint density at radius 2 is 1.88 bits per heavy atom. The Morgan fingerprint density at radius 3 is 2.54 bits per heavy atom. The van der Waals surface area contributed by atoms with E-state index in [1.54, 1.807) is 12.3 Å². The summed E-state index contributed by atoms with van der Waals surface area (Å²) in [7, 11) is 1.53. The number of aromatic amines is 1. The number of benzene rings is 1. The van der Waals surface area contributed by atoms with Crippen LogP contribution in [-0.2, 0) is 0 Å². The number of pyridine rings is 1. The maximum atomic E-state index is 12.6. The molecule has 2 amide bonds. The molecule has 0 radical (unpaired) electrons. The molecule has 0 aliphatic rings. The molecule has 0 saturated heterocycles. The molecule has 0 saturated carbocycles. The standard InChI is InChI=1S/C19H19N5O2/c1-12(13-6-4-3-5-7-13)16-8-14(9-17(24-16)19(26)20-2)18(25)23-15-10-21-22-11-15/h3-12H,1-2H3,(H,20,26)(H,21,22)(H,23,25)/t12-/m1/s1. The lowest BCUT2D eigenvalue weighted by Crippen LogP contribution is -2.22. The zero-order chi connectivity index (χ0) is 18.5. The molecular weight excluding hydrogens is 330 g/mol. The third-order valence-corrected chi connectivity index (χ3v) is 4.07. The molecule has 26 heavy (non-hydrogen) atoms. The van der Waals surface area contributed by atoms with E-state index in [1.807, 2.05) is 37.3 Å². The molecule has 3 aromatic rings. The lowest BCUT2D eigenvalue weighted by atomic mass is 9.96. The SMILES string of the molecule is CNC(=O)c1cc(C(=O)Nc2cn[nH]c2)cc([C@H](C)c2ccccc2)n1. The Balaban J connectivity index is 1.98. The fraction of sp³-hybridized carbons (Fsp3) is 0.158. The van der Waals surface area contributed by atoms with E-state index < -0.39 is 0 Å². The van der Waals surface area contributed by atoms with Crippen LogP contribution in [0.3, 0.4) is 0 Å². The lowest BCUT2D eigenvalue weighted by molar-refractivity contribution is 0.0958. The molecule has 132 valence electrons. The van der Waals surface area contributed by atoms with Crippen molar-refractivity contribution in [2.24, 2.45) is 0 Å². The summed E-state index contributed by atoms with van der Waals surface area (Å²) >= 11 is 0. The van der Waals surface area contributed by atoms with Gasteiger partial charge >= 0.3 is 0 Å². The molecule has 0 bridgehead atoms. The van der Waals surface area contributed by atoms with Crippen LogP contribution in [0.4, 0.5) is 5.69 Å². The molecule has 0 spiro atoms. The summed E-state index contributed by atoms with van der Waals surface area (Å²) < 4.78 is 0. The lowest BCUT2D eigenvalue weighted by Gasteiger charge is -2.14. The molecule has 0 aliphatic heterocycles. The number of H-pyrrole nitrogens is 1.